The molecular weight excluding hydrogens is 522 g/mol. The first-order chi connectivity index (χ1) is 19.2. The number of hydrogen-bond acceptors (Lipinski definition) is 6. The van der Waals surface area contributed by atoms with E-state index in [0.29, 0.717) is 11.1 Å². The summed E-state index contributed by atoms with van der Waals surface area (Å²) in [5.41, 5.74) is 0.0519. The number of rotatable bonds is 4. The van der Waals surface area contributed by atoms with Gasteiger partial charge in [-0.05, 0) is 58.7 Å². The van der Waals surface area contributed by atoms with Gasteiger partial charge in [0.2, 0.25) is 0 Å². The summed E-state index contributed by atoms with van der Waals surface area (Å²) in [6, 6.07) is 24.1. The van der Waals surface area contributed by atoms with E-state index in [2.05, 4.69) is 5.43 Å². The Balaban J connectivity index is 2.02. The second-order valence-electron chi connectivity index (χ2n) is 11.7. The molecule has 4 rings (SSSR count). The molecule has 0 radical (unpaired) electrons. The second kappa shape index (κ2) is 11.1. The first-order valence-corrected chi connectivity index (χ1v) is 13.3. The maximum Gasteiger partial charge on any atom is 0.431 e. The molecule has 1 unspecified atom stereocenters. The third kappa shape index (κ3) is 6.09. The number of nitrogens with zero attached hydrogens (tertiary/aromatic N) is 2. The van der Waals surface area contributed by atoms with Gasteiger partial charge in [-0.15, -0.1) is 0 Å². The van der Waals surface area contributed by atoms with Crippen LogP contribution in [-0.4, -0.2) is 45.1 Å². The predicted octanol–water partition coefficient (Wildman–Crippen LogP) is 5.79. The Morgan fingerprint density at radius 1 is 0.780 bits per heavy atom. The molecule has 0 bridgehead atoms. The monoisotopic (exact) mass is 557 g/mol. The minimum atomic E-state index is -2.03. The van der Waals surface area contributed by atoms with Crippen LogP contribution in [0.15, 0.2) is 84.9 Å². The number of imide groups is 1. The van der Waals surface area contributed by atoms with Crippen molar-refractivity contribution in [3.63, 3.8) is 0 Å². The van der Waals surface area contributed by atoms with Gasteiger partial charge in [0.15, 0.2) is 5.54 Å². The Bertz CT molecular complexity index is 1440. The third-order valence-corrected chi connectivity index (χ3v) is 6.24. The van der Waals surface area contributed by atoms with Gasteiger partial charge in [0.1, 0.15) is 11.2 Å². The third-order valence-electron chi connectivity index (χ3n) is 6.24. The molecule has 4 amide bonds. The molecule has 0 spiro atoms. The fourth-order valence-corrected chi connectivity index (χ4v) is 4.71. The highest BCUT2D eigenvalue weighted by atomic mass is 16.6. The molecule has 214 valence electrons. The summed E-state index contributed by atoms with van der Waals surface area (Å²) in [6.07, 6.45) is -1.99. The lowest BCUT2D eigenvalue weighted by Crippen LogP contribution is -2.68. The number of benzene rings is 3. The zero-order valence-corrected chi connectivity index (χ0v) is 24.1. The van der Waals surface area contributed by atoms with Gasteiger partial charge < -0.3 is 9.47 Å². The number of ether oxygens (including phenoxy) is 2. The van der Waals surface area contributed by atoms with Gasteiger partial charge in [0.05, 0.1) is 6.54 Å². The van der Waals surface area contributed by atoms with Crippen LogP contribution < -0.4 is 5.43 Å². The largest absolute Gasteiger partial charge is 0.443 e. The molecule has 1 aliphatic heterocycles. The maximum atomic E-state index is 14.9. The number of hydrazine groups is 1. The summed E-state index contributed by atoms with van der Waals surface area (Å²) in [5.74, 6) is -1.26. The maximum absolute atomic E-state index is 14.9. The Labute approximate surface area is 240 Å². The van der Waals surface area contributed by atoms with E-state index in [-0.39, 0.29) is 17.7 Å². The zero-order valence-electron chi connectivity index (χ0n) is 24.1. The SMILES string of the molecule is CC(C)(C)OC(=O)NN(C(=O)OC(C)(C)C)C1(c2ccccc2)C(=O)N(Cc2ccccc2)C(=O)c2ccccc21. The molecule has 9 nitrogen and oxygen atoms in total. The highest BCUT2D eigenvalue weighted by Gasteiger charge is 2.59. The standard InChI is InChI=1S/C32H35N3O6/c1-30(2,3)40-28(38)33-35(29(39)41-31(4,5)6)32(23-17-11-8-12-18-23)25-20-14-13-19-24(25)26(36)34(27(32)37)21-22-15-9-7-10-16-22/h7-20H,21H2,1-6H3,(H,33,38). The van der Waals surface area contributed by atoms with Crippen LogP contribution in [0.3, 0.4) is 0 Å². The lowest BCUT2D eigenvalue weighted by Gasteiger charge is -2.47. The number of carbonyl (C=O) groups is 4. The zero-order chi connectivity index (χ0) is 30.0. The fourth-order valence-electron chi connectivity index (χ4n) is 4.71. The summed E-state index contributed by atoms with van der Waals surface area (Å²) in [7, 11) is 0. The number of nitrogens with one attached hydrogen (secondary N) is 1. The summed E-state index contributed by atoms with van der Waals surface area (Å²) >= 11 is 0. The van der Waals surface area contributed by atoms with Gasteiger partial charge in [-0.3, -0.25) is 14.5 Å². The smallest absolute Gasteiger partial charge is 0.431 e. The molecule has 1 atom stereocenters. The van der Waals surface area contributed by atoms with Crippen molar-refractivity contribution in [2.24, 2.45) is 0 Å². The van der Waals surface area contributed by atoms with Crippen molar-refractivity contribution in [3.05, 3.63) is 107 Å². The minimum Gasteiger partial charge on any atom is -0.443 e. The van der Waals surface area contributed by atoms with Crippen molar-refractivity contribution < 1.29 is 28.7 Å². The van der Waals surface area contributed by atoms with Crippen molar-refractivity contribution in [3.8, 4) is 0 Å². The van der Waals surface area contributed by atoms with E-state index in [0.717, 1.165) is 9.91 Å². The van der Waals surface area contributed by atoms with Crippen LogP contribution in [0.4, 0.5) is 9.59 Å². The molecule has 0 aliphatic carbocycles. The first kappa shape index (κ1) is 29.3. The van der Waals surface area contributed by atoms with Crippen molar-refractivity contribution in [2.75, 3.05) is 0 Å². The summed E-state index contributed by atoms with van der Waals surface area (Å²) in [4.78, 5) is 57.1. The Morgan fingerprint density at radius 2 is 1.32 bits per heavy atom. The molecule has 3 aromatic rings. The van der Waals surface area contributed by atoms with Gasteiger partial charge in [-0.1, -0.05) is 78.9 Å². The van der Waals surface area contributed by atoms with E-state index in [9.17, 15) is 19.2 Å². The van der Waals surface area contributed by atoms with E-state index < -0.39 is 40.7 Å². The van der Waals surface area contributed by atoms with Gasteiger partial charge >= 0.3 is 12.2 Å². The van der Waals surface area contributed by atoms with E-state index in [1.54, 1.807) is 108 Å². The van der Waals surface area contributed by atoms with Crippen LogP contribution in [0.5, 0.6) is 0 Å². The van der Waals surface area contributed by atoms with Crippen molar-refractivity contribution in [1.29, 1.82) is 0 Å². The molecule has 9 heteroatoms. The van der Waals surface area contributed by atoms with E-state index in [1.807, 2.05) is 18.2 Å². The molecule has 1 aliphatic rings. The molecule has 3 aromatic carbocycles. The van der Waals surface area contributed by atoms with E-state index >= 15 is 0 Å². The Hall–Kier alpha value is -4.66. The van der Waals surface area contributed by atoms with Crippen LogP contribution in [0, 0.1) is 0 Å². The predicted molar refractivity (Wildman–Crippen MR) is 152 cm³/mol. The van der Waals surface area contributed by atoms with Crippen LogP contribution in [0.25, 0.3) is 0 Å². The lowest BCUT2D eigenvalue weighted by atomic mass is 9.75. The molecule has 1 N–H and O–H groups in total. The van der Waals surface area contributed by atoms with Gasteiger partial charge in [-0.2, -0.15) is 5.01 Å². The second-order valence-corrected chi connectivity index (χ2v) is 11.7. The fraction of sp³-hybridized carbons (Fsp3) is 0.312. The van der Waals surface area contributed by atoms with E-state index in [1.165, 1.54) is 0 Å². The van der Waals surface area contributed by atoms with E-state index in [4.69, 9.17) is 9.47 Å². The molecule has 1 heterocycles. The van der Waals surface area contributed by atoms with Crippen molar-refractivity contribution in [2.45, 2.75) is 64.8 Å². The highest BCUT2D eigenvalue weighted by molar-refractivity contribution is 6.15. The van der Waals surface area contributed by atoms with Crippen LogP contribution in [0.1, 0.15) is 68.6 Å². The normalized spacial score (nSPS) is 17.0. The number of carbonyl (C=O) groups excluding carboxylic acids is 4. The molecule has 0 saturated carbocycles. The average Bonchev–Trinajstić information content (AvgIpc) is 2.90. The molecule has 0 aromatic heterocycles. The molecular formula is C32H35N3O6. The van der Waals surface area contributed by atoms with Crippen LogP contribution in [-0.2, 0) is 26.4 Å². The topological polar surface area (TPSA) is 105 Å². The Morgan fingerprint density at radius 3 is 1.90 bits per heavy atom. The van der Waals surface area contributed by atoms with Crippen molar-refractivity contribution in [1.82, 2.24) is 15.3 Å². The van der Waals surface area contributed by atoms with Crippen LogP contribution >= 0.6 is 0 Å². The highest BCUT2D eigenvalue weighted by Crippen LogP contribution is 2.43. The average molecular weight is 558 g/mol. The summed E-state index contributed by atoms with van der Waals surface area (Å²) in [6.45, 7) is 10.0. The number of hydrogen-bond donors (Lipinski definition) is 1. The lowest BCUT2D eigenvalue weighted by molar-refractivity contribution is -0.143. The Kier molecular flexibility index (Phi) is 7.92. The molecule has 0 fully saturated rings. The molecule has 41 heavy (non-hydrogen) atoms. The van der Waals surface area contributed by atoms with Crippen molar-refractivity contribution >= 4 is 24.0 Å². The number of fused-ring (bicyclic) bond motifs is 1. The van der Waals surface area contributed by atoms with Crippen LogP contribution in [0.2, 0.25) is 0 Å². The van der Waals surface area contributed by atoms with Gasteiger partial charge in [0.25, 0.3) is 11.8 Å². The minimum absolute atomic E-state index is 0.0595. The molecule has 0 saturated heterocycles. The quantitative estimate of drug-likeness (QED) is 0.322. The summed E-state index contributed by atoms with van der Waals surface area (Å²) in [5, 5.41) is 0.854. The van der Waals surface area contributed by atoms with Gasteiger partial charge in [0, 0.05) is 11.1 Å². The first-order valence-electron chi connectivity index (χ1n) is 13.3. The number of amides is 4. The van der Waals surface area contributed by atoms with Gasteiger partial charge in [-0.25, -0.2) is 15.0 Å². The summed E-state index contributed by atoms with van der Waals surface area (Å²) < 4.78 is 11.2.